The first-order valence-corrected chi connectivity index (χ1v) is 9.40. The zero-order chi connectivity index (χ0) is 19.6. The number of fused-ring (bicyclic) bond motifs is 1. The van der Waals surface area contributed by atoms with Crippen molar-refractivity contribution in [3.63, 3.8) is 0 Å². The number of hydrogen-bond donors (Lipinski definition) is 1. The first-order chi connectivity index (χ1) is 12.9. The van der Waals surface area contributed by atoms with Crippen LogP contribution in [0.2, 0.25) is 0 Å². The van der Waals surface area contributed by atoms with Crippen molar-refractivity contribution in [2.75, 3.05) is 0 Å². The van der Waals surface area contributed by atoms with E-state index in [1.54, 1.807) is 18.2 Å². The van der Waals surface area contributed by atoms with Crippen LogP contribution in [0.4, 0.5) is 0 Å². The molecule has 4 heteroatoms. The standard InChI is InChI=1S/C23H22O3S/c1-4-5-18-20(10-8-16-12-14(2)6-7-15(16)3)26-21-11-9-17(23(24)25)13-19(21)22(18)27/h6-13H,4-5H2,1-3H3,(H,24,25). The predicted octanol–water partition coefficient (Wildman–Crippen LogP) is 6.60. The zero-order valence-corrected chi connectivity index (χ0v) is 16.5. The maximum Gasteiger partial charge on any atom is 0.335 e. The fourth-order valence-electron chi connectivity index (χ4n) is 3.11. The maximum atomic E-state index is 11.3. The van der Waals surface area contributed by atoms with Crippen LogP contribution in [0, 0.1) is 18.4 Å². The van der Waals surface area contributed by atoms with E-state index in [1.807, 2.05) is 12.2 Å². The normalized spacial score (nSPS) is 11.4. The number of carboxylic acid groups (broad SMARTS) is 1. The molecule has 3 aromatic rings. The van der Waals surface area contributed by atoms with Gasteiger partial charge in [-0.1, -0.05) is 55.4 Å². The van der Waals surface area contributed by atoms with E-state index in [4.69, 9.17) is 16.6 Å². The molecule has 1 heterocycles. The lowest BCUT2D eigenvalue weighted by molar-refractivity contribution is 0.0697. The highest BCUT2D eigenvalue weighted by molar-refractivity contribution is 7.71. The number of carbonyl (C=O) groups is 1. The van der Waals surface area contributed by atoms with Crippen LogP contribution in [-0.2, 0) is 6.42 Å². The van der Waals surface area contributed by atoms with Crippen molar-refractivity contribution >= 4 is 41.3 Å². The summed E-state index contributed by atoms with van der Waals surface area (Å²) in [6, 6.07) is 11.2. The largest absolute Gasteiger partial charge is 0.478 e. The Kier molecular flexibility index (Phi) is 5.57. The molecule has 0 unspecified atom stereocenters. The second-order valence-corrected chi connectivity index (χ2v) is 7.14. The van der Waals surface area contributed by atoms with Gasteiger partial charge in [0.05, 0.1) is 10.1 Å². The highest BCUT2D eigenvalue weighted by atomic mass is 32.1. The van der Waals surface area contributed by atoms with E-state index < -0.39 is 5.97 Å². The third-order valence-electron chi connectivity index (χ3n) is 4.61. The minimum atomic E-state index is -0.970. The molecule has 0 saturated heterocycles. The predicted molar refractivity (Wildman–Crippen MR) is 113 cm³/mol. The van der Waals surface area contributed by atoms with Crippen LogP contribution < -0.4 is 0 Å². The van der Waals surface area contributed by atoms with E-state index in [-0.39, 0.29) is 5.56 Å². The van der Waals surface area contributed by atoms with Crippen LogP contribution in [0.1, 0.15) is 51.7 Å². The summed E-state index contributed by atoms with van der Waals surface area (Å²) in [5.41, 5.74) is 5.30. The number of benzene rings is 2. The molecule has 0 spiro atoms. The minimum absolute atomic E-state index is 0.213. The Morgan fingerprint density at radius 3 is 2.63 bits per heavy atom. The fraction of sp³-hybridized carbons (Fsp3) is 0.217. The second-order valence-electron chi connectivity index (χ2n) is 6.73. The molecule has 2 aromatic carbocycles. The van der Waals surface area contributed by atoms with Gasteiger partial charge in [0.25, 0.3) is 0 Å². The van der Waals surface area contributed by atoms with Crippen molar-refractivity contribution in [2.45, 2.75) is 33.6 Å². The molecule has 138 valence electrons. The van der Waals surface area contributed by atoms with Crippen LogP contribution >= 0.6 is 12.2 Å². The SMILES string of the molecule is CCCc1c(C=Cc2cc(C)ccc2C)oc2ccc(C(=O)O)cc2c1=S. The van der Waals surface area contributed by atoms with Gasteiger partial charge in [0.15, 0.2) is 0 Å². The summed E-state index contributed by atoms with van der Waals surface area (Å²) in [7, 11) is 0. The summed E-state index contributed by atoms with van der Waals surface area (Å²) in [5, 5.41) is 9.92. The molecule has 0 radical (unpaired) electrons. The molecule has 0 aliphatic carbocycles. The van der Waals surface area contributed by atoms with Gasteiger partial charge in [0, 0.05) is 10.9 Å². The third kappa shape index (κ3) is 4.01. The highest BCUT2D eigenvalue weighted by Crippen LogP contribution is 2.27. The van der Waals surface area contributed by atoms with Gasteiger partial charge in [-0.3, -0.25) is 0 Å². The topological polar surface area (TPSA) is 50.4 Å². The number of carboxylic acids is 1. The second kappa shape index (κ2) is 7.89. The lowest BCUT2D eigenvalue weighted by Crippen LogP contribution is -1.97. The van der Waals surface area contributed by atoms with E-state index in [1.165, 1.54) is 11.1 Å². The first-order valence-electron chi connectivity index (χ1n) is 8.99. The lowest BCUT2D eigenvalue weighted by atomic mass is 10.0. The Balaban J connectivity index is 2.16. The Morgan fingerprint density at radius 1 is 1.15 bits per heavy atom. The van der Waals surface area contributed by atoms with E-state index >= 15 is 0 Å². The number of rotatable bonds is 5. The van der Waals surface area contributed by atoms with Gasteiger partial charge >= 0.3 is 5.97 Å². The Morgan fingerprint density at radius 2 is 1.93 bits per heavy atom. The molecule has 0 aliphatic heterocycles. The number of hydrogen-bond acceptors (Lipinski definition) is 3. The van der Waals surface area contributed by atoms with Gasteiger partial charge in [0.2, 0.25) is 0 Å². The van der Waals surface area contributed by atoms with Crippen LogP contribution in [0.15, 0.2) is 40.8 Å². The molecule has 0 atom stereocenters. The number of aryl methyl sites for hydroxylation is 2. The molecule has 1 N–H and O–H groups in total. The molecule has 27 heavy (non-hydrogen) atoms. The summed E-state index contributed by atoms with van der Waals surface area (Å²) in [6.45, 7) is 6.24. The van der Waals surface area contributed by atoms with Gasteiger partial charge < -0.3 is 9.52 Å². The van der Waals surface area contributed by atoms with Crippen LogP contribution in [0.3, 0.4) is 0 Å². The molecule has 0 aliphatic rings. The van der Waals surface area contributed by atoms with Crippen molar-refractivity contribution in [1.29, 1.82) is 0 Å². The van der Waals surface area contributed by atoms with Crippen molar-refractivity contribution < 1.29 is 14.3 Å². The molecule has 0 saturated carbocycles. The molecule has 3 nitrogen and oxygen atoms in total. The van der Waals surface area contributed by atoms with Crippen molar-refractivity contribution in [3.05, 3.63) is 74.5 Å². The lowest BCUT2D eigenvalue weighted by Gasteiger charge is -2.09. The van der Waals surface area contributed by atoms with Crippen LogP contribution in [0.5, 0.6) is 0 Å². The Bertz CT molecular complexity index is 1110. The molecule has 1 aromatic heterocycles. The van der Waals surface area contributed by atoms with Gasteiger partial charge in [-0.15, -0.1) is 0 Å². The quantitative estimate of drug-likeness (QED) is 0.508. The minimum Gasteiger partial charge on any atom is -0.478 e. The van der Waals surface area contributed by atoms with Crippen LogP contribution in [-0.4, -0.2) is 11.1 Å². The van der Waals surface area contributed by atoms with E-state index in [0.29, 0.717) is 15.5 Å². The average molecular weight is 378 g/mol. The van der Waals surface area contributed by atoms with Gasteiger partial charge in [-0.2, -0.15) is 0 Å². The van der Waals surface area contributed by atoms with Crippen molar-refractivity contribution in [1.82, 2.24) is 0 Å². The highest BCUT2D eigenvalue weighted by Gasteiger charge is 2.12. The molecule has 3 rings (SSSR count). The Labute approximate surface area is 164 Å². The third-order valence-corrected chi connectivity index (χ3v) is 5.08. The van der Waals surface area contributed by atoms with Crippen molar-refractivity contribution in [3.8, 4) is 0 Å². The molecule has 0 bridgehead atoms. The fourth-order valence-corrected chi connectivity index (χ4v) is 3.47. The smallest absolute Gasteiger partial charge is 0.335 e. The van der Waals surface area contributed by atoms with E-state index in [9.17, 15) is 9.90 Å². The van der Waals surface area contributed by atoms with Gasteiger partial charge in [-0.05, 0) is 55.7 Å². The van der Waals surface area contributed by atoms with Crippen LogP contribution in [0.25, 0.3) is 23.1 Å². The Hall–Kier alpha value is -2.72. The van der Waals surface area contributed by atoms with Gasteiger partial charge in [-0.25, -0.2) is 4.79 Å². The summed E-state index contributed by atoms with van der Waals surface area (Å²) >= 11 is 5.68. The molecular formula is C23H22O3S. The summed E-state index contributed by atoms with van der Waals surface area (Å²) < 4.78 is 6.77. The maximum absolute atomic E-state index is 11.3. The van der Waals surface area contributed by atoms with E-state index in [2.05, 4.69) is 39.0 Å². The van der Waals surface area contributed by atoms with Gasteiger partial charge in [0.1, 0.15) is 11.3 Å². The summed E-state index contributed by atoms with van der Waals surface area (Å²) in [5.74, 6) is -0.236. The summed E-state index contributed by atoms with van der Waals surface area (Å²) in [6.07, 6.45) is 5.72. The first kappa shape index (κ1) is 19.1. The molecule has 0 amide bonds. The zero-order valence-electron chi connectivity index (χ0n) is 15.7. The van der Waals surface area contributed by atoms with Crippen molar-refractivity contribution in [2.24, 2.45) is 0 Å². The average Bonchev–Trinajstić information content (AvgIpc) is 2.64. The summed E-state index contributed by atoms with van der Waals surface area (Å²) in [4.78, 5) is 11.3. The van der Waals surface area contributed by atoms with E-state index in [0.717, 1.165) is 29.7 Å². The molecule has 0 fully saturated rings. The number of aromatic carboxylic acids is 1. The molecular weight excluding hydrogens is 356 g/mol. The monoisotopic (exact) mass is 378 g/mol.